The van der Waals surface area contributed by atoms with Gasteiger partial charge in [0.15, 0.2) is 0 Å². The normalized spacial score (nSPS) is 23.6. The molecule has 0 spiro atoms. The average Bonchev–Trinajstić information content (AvgIpc) is 3.30. The second-order valence-corrected chi connectivity index (χ2v) is 11.5. The smallest absolute Gasteiger partial charge is 0.414 e. The molecule has 2 fully saturated rings. The lowest BCUT2D eigenvalue weighted by molar-refractivity contribution is -0.117. The first-order valence-electron chi connectivity index (χ1n) is 12.7. The topological polar surface area (TPSA) is 70.2 Å². The highest BCUT2D eigenvalue weighted by molar-refractivity contribution is 7.86. The van der Waals surface area contributed by atoms with Crippen molar-refractivity contribution in [3.05, 3.63) is 42.5 Å². The van der Waals surface area contributed by atoms with E-state index in [4.69, 9.17) is 4.74 Å². The first-order valence-corrected chi connectivity index (χ1v) is 14.0. The average molecular weight is 532 g/mol. The summed E-state index contributed by atoms with van der Waals surface area (Å²) >= 11 is 0. The maximum Gasteiger partial charge on any atom is 0.414 e. The van der Waals surface area contributed by atoms with Gasteiger partial charge >= 0.3 is 6.09 Å². The van der Waals surface area contributed by atoms with Crippen molar-refractivity contribution in [2.24, 2.45) is 0 Å². The Kier molecular flexibility index (Phi) is 6.95. The highest BCUT2D eigenvalue weighted by Crippen LogP contribution is 2.40. The van der Waals surface area contributed by atoms with Crippen LogP contribution >= 0.6 is 0 Å². The second-order valence-electron chi connectivity index (χ2n) is 10.0. The summed E-state index contributed by atoms with van der Waals surface area (Å²) in [4.78, 5) is 28.9. The number of benzene rings is 2. The minimum Gasteiger partial charge on any atom is -0.446 e. The molecule has 0 radical (unpaired) electrons. The van der Waals surface area contributed by atoms with Crippen molar-refractivity contribution in [3.8, 4) is 11.1 Å². The van der Waals surface area contributed by atoms with E-state index < -0.39 is 29.1 Å². The fourth-order valence-corrected chi connectivity index (χ4v) is 6.69. The molecule has 1 saturated carbocycles. The molecule has 2 atom stereocenters. The van der Waals surface area contributed by atoms with Gasteiger partial charge in [-0.1, -0.05) is 18.2 Å². The highest BCUT2D eigenvalue weighted by atomic mass is 32.2. The molecule has 3 aliphatic rings. The van der Waals surface area contributed by atoms with Crippen LogP contribution in [0, 0.1) is 0 Å². The monoisotopic (exact) mass is 531 g/mol. The molecule has 198 valence electrons. The molecule has 0 bridgehead atoms. The molecule has 2 aromatic carbocycles. The summed E-state index contributed by atoms with van der Waals surface area (Å²) in [7, 11) is -0.998. The molecule has 2 amide bonds. The van der Waals surface area contributed by atoms with E-state index >= 15 is 0 Å². The number of halogens is 2. The molecule has 2 unspecified atom stereocenters. The van der Waals surface area contributed by atoms with Crippen LogP contribution in [0.1, 0.15) is 46.0 Å². The lowest BCUT2D eigenvalue weighted by atomic mass is 9.94. The van der Waals surface area contributed by atoms with E-state index in [2.05, 4.69) is 0 Å². The molecule has 0 aromatic heterocycles. The van der Waals surface area contributed by atoms with Crippen LogP contribution in [0.4, 0.5) is 30.6 Å². The van der Waals surface area contributed by atoms with Crippen LogP contribution in [0.25, 0.3) is 11.1 Å². The van der Waals surface area contributed by atoms with Crippen LogP contribution in [-0.2, 0) is 20.5 Å². The number of ether oxygens (including phenoxy) is 1. The molecule has 5 rings (SSSR count). The van der Waals surface area contributed by atoms with Gasteiger partial charge in [-0.3, -0.25) is 14.0 Å². The Morgan fingerprint density at radius 1 is 1.03 bits per heavy atom. The Labute approximate surface area is 218 Å². The summed E-state index contributed by atoms with van der Waals surface area (Å²) in [6.45, 7) is 4.35. The molecule has 10 heteroatoms. The Morgan fingerprint density at radius 3 is 2.32 bits per heavy atom. The fraction of sp³-hybridized carbons (Fsp3) is 0.481. The van der Waals surface area contributed by atoms with Gasteiger partial charge in [0.2, 0.25) is 11.8 Å². The van der Waals surface area contributed by atoms with Crippen molar-refractivity contribution >= 4 is 40.0 Å². The van der Waals surface area contributed by atoms with Gasteiger partial charge in [0.1, 0.15) is 17.1 Å². The van der Waals surface area contributed by atoms with E-state index in [1.807, 2.05) is 53.7 Å². The predicted molar refractivity (Wildman–Crippen MR) is 141 cm³/mol. The number of hydrogen-bond acceptors (Lipinski definition) is 4. The molecular formula is C27H31F2N3O4S. The molecule has 7 nitrogen and oxygen atoms in total. The lowest BCUT2D eigenvalue weighted by Crippen LogP contribution is -2.52. The van der Waals surface area contributed by atoms with Gasteiger partial charge in [0, 0.05) is 44.3 Å². The molecule has 1 aliphatic carbocycles. The summed E-state index contributed by atoms with van der Waals surface area (Å²) < 4.78 is 46.9. The van der Waals surface area contributed by atoms with Gasteiger partial charge in [-0.2, -0.15) is 0 Å². The summed E-state index contributed by atoms with van der Waals surface area (Å²) in [6.07, 6.45) is -0.563. The third-order valence-corrected chi connectivity index (χ3v) is 8.84. The third-order valence-electron chi connectivity index (χ3n) is 7.32. The third kappa shape index (κ3) is 5.21. The van der Waals surface area contributed by atoms with Crippen LogP contribution in [0.15, 0.2) is 42.5 Å². The Balaban J connectivity index is 1.43. The minimum atomic E-state index is -2.70. The number of rotatable bonds is 3. The zero-order valence-corrected chi connectivity index (χ0v) is 21.8. The molecule has 2 aromatic rings. The van der Waals surface area contributed by atoms with Crippen LogP contribution in [0.5, 0.6) is 0 Å². The first kappa shape index (κ1) is 25.6. The van der Waals surface area contributed by atoms with Gasteiger partial charge < -0.3 is 9.64 Å². The van der Waals surface area contributed by atoms with Gasteiger partial charge in [0.25, 0.3) is 0 Å². The van der Waals surface area contributed by atoms with Gasteiger partial charge in [-0.25, -0.2) is 17.8 Å². The number of nitrogens with zero attached hydrogens (tertiary/aromatic N) is 3. The standard InChI is InChI=1S/C27H31F2N3O4S/c1-18-17-30(26(34)36-23-10-12-27(28,29)13-11-23)25-16-21(6-9-24(25)32(18)19(2)33)20-4-7-22(8-5-20)31-14-3-15-37(31)35/h4-9,16,18,23H,3,10-15,17H2,1-2H3. The second kappa shape index (κ2) is 10.0. The number of hydrogen-bond donors (Lipinski definition) is 0. The van der Waals surface area contributed by atoms with Crippen molar-refractivity contribution in [2.75, 3.05) is 32.9 Å². The molecule has 1 saturated heterocycles. The molecular weight excluding hydrogens is 500 g/mol. The lowest BCUT2D eigenvalue weighted by Gasteiger charge is -2.41. The summed E-state index contributed by atoms with van der Waals surface area (Å²) in [5, 5.41) is 0. The van der Waals surface area contributed by atoms with Crippen molar-refractivity contribution < 1.29 is 27.3 Å². The number of fused-ring (bicyclic) bond motifs is 1. The molecule has 2 heterocycles. The van der Waals surface area contributed by atoms with Crippen molar-refractivity contribution in [2.45, 2.75) is 64.0 Å². The Bertz CT molecular complexity index is 1210. The summed E-state index contributed by atoms with van der Waals surface area (Å²) in [5.41, 5.74) is 3.80. The quantitative estimate of drug-likeness (QED) is 0.524. The van der Waals surface area contributed by atoms with E-state index in [-0.39, 0.29) is 44.2 Å². The van der Waals surface area contributed by atoms with Crippen molar-refractivity contribution in [1.29, 1.82) is 0 Å². The first-order chi connectivity index (χ1) is 17.6. The molecule has 2 aliphatic heterocycles. The van der Waals surface area contributed by atoms with Gasteiger partial charge in [0.05, 0.1) is 17.4 Å². The van der Waals surface area contributed by atoms with E-state index in [1.54, 1.807) is 4.90 Å². The van der Waals surface area contributed by atoms with Crippen LogP contribution < -0.4 is 14.1 Å². The maximum absolute atomic E-state index is 13.6. The Hall–Kier alpha value is -3.01. The predicted octanol–water partition coefficient (Wildman–Crippen LogP) is 5.50. The van der Waals surface area contributed by atoms with E-state index in [0.29, 0.717) is 17.1 Å². The summed E-state index contributed by atoms with van der Waals surface area (Å²) in [5.74, 6) is -2.16. The van der Waals surface area contributed by atoms with Crippen molar-refractivity contribution in [3.63, 3.8) is 0 Å². The largest absolute Gasteiger partial charge is 0.446 e. The van der Waals surface area contributed by atoms with Crippen LogP contribution in [0.3, 0.4) is 0 Å². The molecule has 37 heavy (non-hydrogen) atoms. The number of alkyl halides is 2. The SMILES string of the molecule is CC(=O)N1c2ccc(-c3ccc(N4CCCS4=O)cc3)cc2N(C(=O)OC2CCC(F)(F)CC2)CC1C. The van der Waals surface area contributed by atoms with Gasteiger partial charge in [-0.05, 0) is 61.6 Å². The Morgan fingerprint density at radius 2 is 1.70 bits per heavy atom. The van der Waals surface area contributed by atoms with Crippen LogP contribution in [0.2, 0.25) is 0 Å². The van der Waals surface area contributed by atoms with Gasteiger partial charge in [-0.15, -0.1) is 0 Å². The number of carbonyl (C=O) groups is 2. The minimum absolute atomic E-state index is 0.128. The number of carbonyl (C=O) groups excluding carboxylic acids is 2. The van der Waals surface area contributed by atoms with Crippen LogP contribution in [-0.4, -0.2) is 53.1 Å². The van der Waals surface area contributed by atoms with E-state index in [0.717, 1.165) is 29.8 Å². The molecule has 0 N–H and O–H groups in total. The fourth-order valence-electron chi connectivity index (χ4n) is 5.41. The summed E-state index contributed by atoms with van der Waals surface area (Å²) in [6, 6.07) is 13.1. The number of amides is 2. The maximum atomic E-state index is 13.6. The zero-order chi connectivity index (χ0) is 26.3. The van der Waals surface area contributed by atoms with E-state index in [9.17, 15) is 22.6 Å². The van der Waals surface area contributed by atoms with E-state index in [1.165, 1.54) is 11.8 Å². The zero-order valence-electron chi connectivity index (χ0n) is 21.0. The van der Waals surface area contributed by atoms with Crippen molar-refractivity contribution in [1.82, 2.24) is 0 Å². The highest BCUT2D eigenvalue weighted by Gasteiger charge is 2.39. The number of anilines is 3.